The number of benzene rings is 2. The molecule has 8 nitrogen and oxygen atoms in total. The van der Waals surface area contributed by atoms with Gasteiger partial charge in [0.1, 0.15) is 12.4 Å². The van der Waals surface area contributed by atoms with Gasteiger partial charge in [-0.05, 0) is 46.3 Å². The van der Waals surface area contributed by atoms with Crippen LogP contribution in [0, 0.1) is 0 Å². The van der Waals surface area contributed by atoms with Gasteiger partial charge < -0.3 is 14.8 Å². The molecule has 0 aliphatic rings. The van der Waals surface area contributed by atoms with E-state index in [2.05, 4.69) is 25.8 Å². The Labute approximate surface area is 180 Å². The first-order valence-electron chi connectivity index (χ1n) is 9.24. The lowest BCUT2D eigenvalue weighted by Gasteiger charge is -2.08. The molecule has 0 fully saturated rings. The zero-order valence-electron chi connectivity index (χ0n) is 16.1. The minimum absolute atomic E-state index is 0. The van der Waals surface area contributed by atoms with Crippen LogP contribution in [0.15, 0.2) is 79.0 Å². The molecule has 0 saturated heterocycles. The molecule has 9 heteroatoms. The highest BCUT2D eigenvalue weighted by Crippen LogP contribution is 2.21. The standard InChI is InChI=1S/C21H20N6O2.ClH/c1-2-6-18(7-3-1)27-21(24-25-26-27)29-19-11-9-17(10-12-19)16-22-14-15-28-20-8-4-5-13-23-20;/h1-13,22H,14-16H2;1H. The molecule has 0 aliphatic carbocycles. The number of halogens is 1. The Bertz CT molecular complexity index is 1010. The van der Waals surface area contributed by atoms with Gasteiger partial charge in [-0.1, -0.05) is 41.5 Å². The average Bonchev–Trinajstić information content (AvgIpc) is 3.24. The highest BCUT2D eigenvalue weighted by Gasteiger charge is 2.10. The van der Waals surface area contributed by atoms with E-state index in [1.165, 1.54) is 0 Å². The van der Waals surface area contributed by atoms with Gasteiger partial charge in [0.15, 0.2) is 0 Å². The predicted octanol–water partition coefficient (Wildman–Crippen LogP) is 3.44. The molecule has 0 aliphatic heterocycles. The van der Waals surface area contributed by atoms with Crippen LogP contribution in [0.5, 0.6) is 17.6 Å². The summed E-state index contributed by atoms with van der Waals surface area (Å²) in [7, 11) is 0. The van der Waals surface area contributed by atoms with Gasteiger partial charge in [-0.3, -0.25) is 0 Å². The summed E-state index contributed by atoms with van der Waals surface area (Å²) in [6.45, 7) is 2.01. The van der Waals surface area contributed by atoms with Crippen molar-refractivity contribution >= 4 is 12.4 Å². The molecule has 0 atom stereocenters. The Morgan fingerprint density at radius 1 is 0.900 bits per heavy atom. The molecule has 30 heavy (non-hydrogen) atoms. The summed E-state index contributed by atoms with van der Waals surface area (Å²) < 4.78 is 12.9. The van der Waals surface area contributed by atoms with Crippen molar-refractivity contribution in [3.05, 3.63) is 84.6 Å². The third-order valence-electron chi connectivity index (χ3n) is 4.07. The average molecular weight is 425 g/mol. The number of ether oxygens (including phenoxy) is 2. The number of nitrogens with one attached hydrogen (secondary N) is 1. The number of aromatic nitrogens is 5. The van der Waals surface area contributed by atoms with Crippen molar-refractivity contribution in [3.63, 3.8) is 0 Å². The van der Waals surface area contributed by atoms with E-state index in [0.717, 1.165) is 24.3 Å². The SMILES string of the molecule is Cl.c1ccc(-n2nnnc2Oc2ccc(CNCCOc3ccccn3)cc2)cc1. The number of hydrogen-bond donors (Lipinski definition) is 1. The monoisotopic (exact) mass is 424 g/mol. The number of pyridine rings is 1. The Balaban J connectivity index is 0.00000256. The van der Waals surface area contributed by atoms with Crippen LogP contribution in [-0.2, 0) is 6.54 Å². The van der Waals surface area contributed by atoms with Crippen molar-refractivity contribution in [3.8, 4) is 23.3 Å². The molecule has 0 unspecified atom stereocenters. The van der Waals surface area contributed by atoms with Crippen LogP contribution >= 0.6 is 12.4 Å². The van der Waals surface area contributed by atoms with E-state index in [1.54, 1.807) is 10.9 Å². The summed E-state index contributed by atoms with van der Waals surface area (Å²) in [6, 6.07) is 23.3. The maximum absolute atomic E-state index is 5.83. The Morgan fingerprint density at radius 2 is 1.70 bits per heavy atom. The summed E-state index contributed by atoms with van der Waals surface area (Å²) in [5.74, 6) is 1.30. The predicted molar refractivity (Wildman–Crippen MR) is 114 cm³/mol. The topological polar surface area (TPSA) is 87.0 Å². The Kier molecular flexibility index (Phi) is 7.71. The second kappa shape index (κ2) is 10.9. The van der Waals surface area contributed by atoms with E-state index in [4.69, 9.17) is 9.47 Å². The van der Waals surface area contributed by atoms with Gasteiger partial charge in [-0.25, -0.2) is 4.98 Å². The molecule has 4 aromatic rings. The van der Waals surface area contributed by atoms with Crippen LogP contribution in [0.4, 0.5) is 0 Å². The van der Waals surface area contributed by atoms with Crippen LogP contribution in [0.25, 0.3) is 5.69 Å². The van der Waals surface area contributed by atoms with Gasteiger partial charge in [-0.15, -0.1) is 12.4 Å². The molecule has 1 N–H and O–H groups in total. The summed E-state index contributed by atoms with van der Waals surface area (Å²) in [6.07, 6.45) is 1.71. The summed E-state index contributed by atoms with van der Waals surface area (Å²) in [4.78, 5) is 4.12. The van der Waals surface area contributed by atoms with Crippen molar-refractivity contribution in [2.75, 3.05) is 13.2 Å². The molecule has 154 valence electrons. The van der Waals surface area contributed by atoms with Gasteiger partial charge in [0, 0.05) is 25.4 Å². The first-order valence-corrected chi connectivity index (χ1v) is 9.24. The molecule has 2 aromatic heterocycles. The molecule has 4 rings (SSSR count). The third kappa shape index (κ3) is 5.76. The van der Waals surface area contributed by atoms with Gasteiger partial charge in [0.2, 0.25) is 5.88 Å². The molecule has 2 heterocycles. The van der Waals surface area contributed by atoms with Crippen LogP contribution in [0.3, 0.4) is 0 Å². The third-order valence-corrected chi connectivity index (χ3v) is 4.07. The van der Waals surface area contributed by atoms with Crippen molar-refractivity contribution in [1.29, 1.82) is 0 Å². The quantitative estimate of drug-likeness (QED) is 0.412. The number of rotatable bonds is 9. The van der Waals surface area contributed by atoms with Gasteiger partial charge in [0.25, 0.3) is 0 Å². The van der Waals surface area contributed by atoms with Crippen molar-refractivity contribution in [2.45, 2.75) is 6.54 Å². The highest BCUT2D eigenvalue weighted by atomic mass is 35.5. The fourth-order valence-corrected chi connectivity index (χ4v) is 2.65. The first kappa shape index (κ1) is 21.2. The van der Waals surface area contributed by atoms with E-state index in [0.29, 0.717) is 24.2 Å². The molecule has 0 bridgehead atoms. The van der Waals surface area contributed by atoms with Gasteiger partial charge in [-0.2, -0.15) is 4.68 Å². The Morgan fingerprint density at radius 3 is 2.47 bits per heavy atom. The number of para-hydroxylation sites is 1. The van der Waals surface area contributed by atoms with E-state index < -0.39 is 0 Å². The van der Waals surface area contributed by atoms with Crippen molar-refractivity contribution < 1.29 is 9.47 Å². The molecule has 2 aromatic carbocycles. The second-order valence-electron chi connectivity index (χ2n) is 6.15. The number of hydrogen-bond acceptors (Lipinski definition) is 7. The van der Waals surface area contributed by atoms with Crippen molar-refractivity contribution in [2.24, 2.45) is 0 Å². The molecule has 0 saturated carbocycles. The van der Waals surface area contributed by atoms with Crippen LogP contribution in [0.1, 0.15) is 5.56 Å². The first-order chi connectivity index (χ1) is 14.4. The number of nitrogens with zero attached hydrogens (tertiary/aromatic N) is 5. The van der Waals surface area contributed by atoms with E-state index in [1.807, 2.05) is 72.8 Å². The summed E-state index contributed by atoms with van der Waals surface area (Å²) in [5, 5.41) is 15.0. The van der Waals surface area contributed by atoms with E-state index in [-0.39, 0.29) is 12.4 Å². The second-order valence-corrected chi connectivity index (χ2v) is 6.15. The molecular weight excluding hydrogens is 404 g/mol. The Hall–Kier alpha value is -3.49. The van der Waals surface area contributed by atoms with Crippen molar-refractivity contribution in [1.82, 2.24) is 30.5 Å². The van der Waals surface area contributed by atoms with Gasteiger partial charge >= 0.3 is 6.01 Å². The normalized spacial score (nSPS) is 10.3. The minimum Gasteiger partial charge on any atom is -0.476 e. The minimum atomic E-state index is 0. The molecular formula is C21H21ClN6O2. The maximum Gasteiger partial charge on any atom is 0.345 e. The number of tetrazole rings is 1. The lowest BCUT2D eigenvalue weighted by Crippen LogP contribution is -2.20. The zero-order chi connectivity index (χ0) is 19.7. The lowest BCUT2D eigenvalue weighted by atomic mass is 10.2. The van der Waals surface area contributed by atoms with Crippen LogP contribution < -0.4 is 14.8 Å². The van der Waals surface area contributed by atoms with E-state index in [9.17, 15) is 0 Å². The molecule has 0 spiro atoms. The highest BCUT2D eigenvalue weighted by molar-refractivity contribution is 5.85. The fourth-order valence-electron chi connectivity index (χ4n) is 2.65. The molecule has 0 radical (unpaired) electrons. The fraction of sp³-hybridized carbons (Fsp3) is 0.143. The summed E-state index contributed by atoms with van der Waals surface area (Å²) in [5.41, 5.74) is 1.97. The maximum atomic E-state index is 5.83. The zero-order valence-corrected chi connectivity index (χ0v) is 16.9. The van der Waals surface area contributed by atoms with Gasteiger partial charge in [0.05, 0.1) is 5.69 Å². The lowest BCUT2D eigenvalue weighted by molar-refractivity contribution is 0.302. The van der Waals surface area contributed by atoms with E-state index >= 15 is 0 Å². The largest absolute Gasteiger partial charge is 0.476 e. The van der Waals surface area contributed by atoms with Crippen LogP contribution in [-0.4, -0.2) is 38.3 Å². The van der Waals surface area contributed by atoms with Crippen LogP contribution in [0.2, 0.25) is 0 Å². The summed E-state index contributed by atoms with van der Waals surface area (Å²) >= 11 is 0. The smallest absolute Gasteiger partial charge is 0.345 e. The molecule has 0 amide bonds.